The van der Waals surface area contributed by atoms with Gasteiger partial charge in [0.1, 0.15) is 0 Å². The lowest BCUT2D eigenvalue weighted by Crippen LogP contribution is -2.49. The third kappa shape index (κ3) is 4.51. The fraction of sp³-hybridized carbons (Fsp3) is 0.909. The highest BCUT2D eigenvalue weighted by Gasteiger charge is 2.20. The van der Waals surface area contributed by atoms with Gasteiger partial charge in [0, 0.05) is 44.5 Å². The van der Waals surface area contributed by atoms with Crippen molar-refractivity contribution in [2.75, 3.05) is 38.1 Å². The monoisotopic (exact) mass is 276 g/mol. The maximum Gasteiger partial charge on any atom is 0.222 e. The maximum atomic E-state index is 11.8. The summed E-state index contributed by atoms with van der Waals surface area (Å²) in [6.45, 7) is 9.13. The highest BCUT2D eigenvalue weighted by molar-refractivity contribution is 9.09. The largest absolute Gasteiger partial charge is 0.340 e. The second-order valence-corrected chi connectivity index (χ2v) is 5.30. The van der Waals surface area contributed by atoms with Gasteiger partial charge in [-0.3, -0.25) is 9.69 Å². The van der Waals surface area contributed by atoms with E-state index in [1.54, 1.807) is 0 Å². The molecule has 1 aliphatic rings. The van der Waals surface area contributed by atoms with Crippen molar-refractivity contribution in [3.63, 3.8) is 0 Å². The third-order valence-corrected chi connectivity index (χ3v) is 3.06. The molecular formula is C11H21BrN2O. The van der Waals surface area contributed by atoms with Gasteiger partial charge in [-0.1, -0.05) is 29.8 Å². The minimum atomic E-state index is 0.323. The molecule has 0 radical (unpaired) electrons. The lowest BCUT2D eigenvalue weighted by molar-refractivity contribution is -0.133. The average Bonchev–Trinajstić information content (AvgIpc) is 2.18. The first-order valence-electron chi connectivity index (χ1n) is 5.69. The Morgan fingerprint density at radius 2 is 1.87 bits per heavy atom. The van der Waals surface area contributed by atoms with Gasteiger partial charge < -0.3 is 4.90 Å². The van der Waals surface area contributed by atoms with Crippen molar-refractivity contribution < 1.29 is 4.79 Å². The van der Waals surface area contributed by atoms with E-state index in [2.05, 4.69) is 34.7 Å². The van der Waals surface area contributed by atoms with E-state index in [1.165, 1.54) is 0 Å². The predicted octanol–water partition coefficient (Wildman–Crippen LogP) is 1.57. The molecule has 0 aromatic heterocycles. The van der Waals surface area contributed by atoms with Crippen molar-refractivity contribution in [2.24, 2.45) is 5.92 Å². The summed E-state index contributed by atoms with van der Waals surface area (Å²) >= 11 is 3.44. The third-order valence-electron chi connectivity index (χ3n) is 2.71. The molecule has 1 heterocycles. The Morgan fingerprint density at radius 1 is 1.27 bits per heavy atom. The average molecular weight is 277 g/mol. The van der Waals surface area contributed by atoms with Crippen LogP contribution >= 0.6 is 15.9 Å². The molecule has 4 heteroatoms. The minimum Gasteiger partial charge on any atom is -0.340 e. The molecule has 0 atom stereocenters. The van der Waals surface area contributed by atoms with Crippen molar-refractivity contribution >= 4 is 21.8 Å². The fourth-order valence-corrected chi connectivity index (χ4v) is 2.32. The van der Waals surface area contributed by atoms with Crippen LogP contribution in [0.3, 0.4) is 0 Å². The number of piperazine rings is 1. The smallest absolute Gasteiger partial charge is 0.222 e. The number of amides is 1. The van der Waals surface area contributed by atoms with E-state index >= 15 is 0 Å². The SMILES string of the molecule is CC(C)CC(=O)N1CCN(CCBr)CC1. The first-order chi connectivity index (χ1) is 7.13. The van der Waals surface area contributed by atoms with Crippen LogP contribution < -0.4 is 0 Å². The molecule has 1 saturated heterocycles. The minimum absolute atomic E-state index is 0.323. The molecule has 0 aliphatic carbocycles. The summed E-state index contributed by atoms with van der Waals surface area (Å²) in [4.78, 5) is 16.2. The molecule has 15 heavy (non-hydrogen) atoms. The normalized spacial score (nSPS) is 18.5. The molecule has 0 N–H and O–H groups in total. The number of carbonyl (C=O) groups excluding carboxylic acids is 1. The van der Waals surface area contributed by atoms with E-state index in [1.807, 2.05) is 4.90 Å². The number of hydrogen-bond acceptors (Lipinski definition) is 2. The Balaban J connectivity index is 2.27. The lowest BCUT2D eigenvalue weighted by Gasteiger charge is -2.34. The van der Waals surface area contributed by atoms with Crippen LogP contribution in [0.5, 0.6) is 0 Å². The molecule has 0 bridgehead atoms. The van der Waals surface area contributed by atoms with Crippen LogP contribution in [0.1, 0.15) is 20.3 Å². The first-order valence-corrected chi connectivity index (χ1v) is 6.81. The van der Waals surface area contributed by atoms with Crippen LogP contribution in [-0.2, 0) is 4.79 Å². The van der Waals surface area contributed by atoms with Gasteiger partial charge in [-0.05, 0) is 5.92 Å². The van der Waals surface area contributed by atoms with Crippen molar-refractivity contribution in [1.82, 2.24) is 9.80 Å². The quantitative estimate of drug-likeness (QED) is 0.728. The lowest BCUT2D eigenvalue weighted by atomic mass is 10.1. The van der Waals surface area contributed by atoms with Crippen LogP contribution in [0.25, 0.3) is 0 Å². The summed E-state index contributed by atoms with van der Waals surface area (Å²) in [7, 11) is 0. The van der Waals surface area contributed by atoms with E-state index in [9.17, 15) is 4.79 Å². The van der Waals surface area contributed by atoms with Crippen molar-refractivity contribution in [3.8, 4) is 0 Å². The van der Waals surface area contributed by atoms with Crippen LogP contribution in [-0.4, -0.2) is 53.8 Å². The zero-order valence-corrected chi connectivity index (χ0v) is 11.3. The van der Waals surface area contributed by atoms with Gasteiger partial charge in [0.15, 0.2) is 0 Å². The number of carbonyl (C=O) groups is 1. The summed E-state index contributed by atoms with van der Waals surface area (Å²) in [6.07, 6.45) is 0.693. The molecule has 0 saturated carbocycles. The van der Waals surface area contributed by atoms with Gasteiger partial charge >= 0.3 is 0 Å². The zero-order chi connectivity index (χ0) is 11.3. The van der Waals surface area contributed by atoms with E-state index < -0.39 is 0 Å². The van der Waals surface area contributed by atoms with Gasteiger partial charge in [-0.2, -0.15) is 0 Å². The summed E-state index contributed by atoms with van der Waals surface area (Å²) in [6, 6.07) is 0. The molecule has 0 aromatic carbocycles. The van der Waals surface area contributed by atoms with E-state index in [4.69, 9.17) is 0 Å². The number of nitrogens with zero attached hydrogens (tertiary/aromatic N) is 2. The van der Waals surface area contributed by atoms with E-state index in [0.29, 0.717) is 18.2 Å². The number of hydrogen-bond donors (Lipinski definition) is 0. The highest BCUT2D eigenvalue weighted by atomic mass is 79.9. The Morgan fingerprint density at radius 3 is 2.33 bits per heavy atom. The first kappa shape index (κ1) is 13.0. The second kappa shape index (κ2) is 6.48. The summed E-state index contributed by atoms with van der Waals surface area (Å²) in [5, 5.41) is 1.02. The molecule has 88 valence electrons. The molecule has 1 rings (SSSR count). The van der Waals surface area contributed by atoms with Crippen molar-refractivity contribution in [2.45, 2.75) is 20.3 Å². The van der Waals surface area contributed by atoms with Crippen molar-refractivity contribution in [1.29, 1.82) is 0 Å². The molecule has 0 spiro atoms. The topological polar surface area (TPSA) is 23.6 Å². The van der Waals surface area contributed by atoms with Crippen LogP contribution in [0.4, 0.5) is 0 Å². The Kier molecular flexibility index (Phi) is 5.61. The van der Waals surface area contributed by atoms with Crippen LogP contribution in [0.15, 0.2) is 0 Å². The zero-order valence-electron chi connectivity index (χ0n) is 9.71. The fourth-order valence-electron chi connectivity index (χ4n) is 1.82. The van der Waals surface area contributed by atoms with E-state index in [-0.39, 0.29) is 0 Å². The molecule has 0 unspecified atom stereocenters. The van der Waals surface area contributed by atoms with Gasteiger partial charge in [0.05, 0.1) is 0 Å². The van der Waals surface area contributed by atoms with Gasteiger partial charge in [-0.25, -0.2) is 0 Å². The van der Waals surface area contributed by atoms with Gasteiger partial charge in [-0.15, -0.1) is 0 Å². The highest BCUT2D eigenvalue weighted by Crippen LogP contribution is 2.08. The number of alkyl halides is 1. The molecule has 1 amide bonds. The molecule has 1 aliphatic heterocycles. The van der Waals surface area contributed by atoms with E-state index in [0.717, 1.165) is 38.1 Å². The molecule has 1 fully saturated rings. The maximum absolute atomic E-state index is 11.8. The van der Waals surface area contributed by atoms with Crippen molar-refractivity contribution in [3.05, 3.63) is 0 Å². The second-order valence-electron chi connectivity index (χ2n) is 4.51. The van der Waals surface area contributed by atoms with Gasteiger partial charge in [0.25, 0.3) is 0 Å². The Bertz CT molecular complexity index is 201. The molecule has 3 nitrogen and oxygen atoms in total. The van der Waals surface area contributed by atoms with Crippen LogP contribution in [0, 0.1) is 5.92 Å². The Labute approximate surface area is 101 Å². The predicted molar refractivity (Wildman–Crippen MR) is 66.3 cm³/mol. The molecular weight excluding hydrogens is 256 g/mol. The molecule has 0 aromatic rings. The van der Waals surface area contributed by atoms with Crippen LogP contribution in [0.2, 0.25) is 0 Å². The number of halogens is 1. The number of rotatable bonds is 4. The standard InChI is InChI=1S/C11H21BrN2O/c1-10(2)9-11(15)14-7-5-13(4-3-12)6-8-14/h10H,3-9H2,1-2H3. The summed E-state index contributed by atoms with van der Waals surface area (Å²) in [5.74, 6) is 0.793. The summed E-state index contributed by atoms with van der Waals surface area (Å²) < 4.78 is 0. The Hall–Kier alpha value is -0.0900. The van der Waals surface area contributed by atoms with Gasteiger partial charge in [0.2, 0.25) is 5.91 Å². The summed E-state index contributed by atoms with van der Waals surface area (Å²) in [5.41, 5.74) is 0.